The number of carbonyl (C=O) groups is 1. The average Bonchev–Trinajstić information content (AvgIpc) is 3.33. The van der Waals surface area contributed by atoms with Crippen molar-refractivity contribution >= 4 is 39.1 Å². The van der Waals surface area contributed by atoms with Crippen molar-refractivity contribution in [1.82, 2.24) is 10.2 Å². The lowest BCUT2D eigenvalue weighted by Gasteiger charge is -2.08. The molecule has 11 heteroatoms. The largest absolute Gasteiger partial charge is 0.497 e. The van der Waals surface area contributed by atoms with Gasteiger partial charge >= 0.3 is 0 Å². The van der Waals surface area contributed by atoms with Crippen molar-refractivity contribution in [3.63, 3.8) is 0 Å². The molecule has 3 aromatic carbocycles. The quantitative estimate of drug-likeness (QED) is 0.329. The van der Waals surface area contributed by atoms with Crippen LogP contribution in [0.2, 0.25) is 0 Å². The van der Waals surface area contributed by atoms with E-state index in [1.165, 1.54) is 12.1 Å². The molecule has 0 atom stereocenters. The third kappa shape index (κ3) is 5.94. The van der Waals surface area contributed by atoms with Gasteiger partial charge in [-0.2, -0.15) is 0 Å². The monoisotopic (exact) mass is 496 g/mol. The zero-order valence-corrected chi connectivity index (χ0v) is 19.6. The molecule has 9 nitrogen and oxygen atoms in total. The molecule has 4 rings (SSSR count). The Labute approximate surface area is 200 Å². The number of amides is 1. The summed E-state index contributed by atoms with van der Waals surface area (Å²) in [7, 11) is -2.12. The van der Waals surface area contributed by atoms with Gasteiger partial charge in [-0.1, -0.05) is 36.0 Å². The first-order valence-electron chi connectivity index (χ1n) is 10.0. The molecule has 1 amide bonds. The minimum atomic E-state index is -3.68. The highest BCUT2D eigenvalue weighted by Crippen LogP contribution is 2.25. The molecule has 0 bridgehead atoms. The van der Waals surface area contributed by atoms with Gasteiger partial charge in [0.25, 0.3) is 15.2 Å². The predicted octanol–water partition coefficient (Wildman–Crippen LogP) is 4.28. The van der Waals surface area contributed by atoms with Crippen LogP contribution in [0.1, 0.15) is 0 Å². The van der Waals surface area contributed by atoms with E-state index in [0.29, 0.717) is 22.7 Å². The number of nitrogens with one attached hydrogen (secondary N) is 2. The van der Waals surface area contributed by atoms with E-state index in [9.17, 15) is 13.2 Å². The first-order chi connectivity index (χ1) is 16.4. The molecule has 0 aliphatic heterocycles. The van der Waals surface area contributed by atoms with Gasteiger partial charge in [-0.15, -0.1) is 10.2 Å². The maximum atomic E-state index is 12.4. The molecule has 4 aromatic rings. The second-order valence-electron chi connectivity index (χ2n) is 6.94. The van der Waals surface area contributed by atoms with Gasteiger partial charge in [-0.3, -0.25) is 9.52 Å². The Morgan fingerprint density at radius 3 is 2.47 bits per heavy atom. The van der Waals surface area contributed by atoms with Crippen LogP contribution in [0.4, 0.5) is 11.4 Å². The number of carbonyl (C=O) groups excluding carboxylic acids is 1. The van der Waals surface area contributed by atoms with Crippen LogP contribution in [-0.2, 0) is 14.8 Å². The lowest BCUT2D eigenvalue weighted by molar-refractivity contribution is -0.113. The van der Waals surface area contributed by atoms with Crippen molar-refractivity contribution < 1.29 is 22.4 Å². The van der Waals surface area contributed by atoms with Crippen LogP contribution < -0.4 is 14.8 Å². The van der Waals surface area contributed by atoms with Crippen LogP contribution >= 0.6 is 11.8 Å². The second-order valence-corrected chi connectivity index (χ2v) is 9.55. The van der Waals surface area contributed by atoms with E-state index < -0.39 is 10.0 Å². The molecule has 34 heavy (non-hydrogen) atoms. The minimum Gasteiger partial charge on any atom is -0.497 e. The number of nitrogens with zero attached hydrogens (tertiary/aromatic N) is 2. The van der Waals surface area contributed by atoms with Crippen LogP contribution in [0.5, 0.6) is 5.75 Å². The first-order valence-corrected chi connectivity index (χ1v) is 12.5. The lowest BCUT2D eigenvalue weighted by Crippen LogP contribution is -2.13. The molecule has 0 unspecified atom stereocenters. The van der Waals surface area contributed by atoms with Crippen molar-refractivity contribution in [2.45, 2.75) is 10.1 Å². The van der Waals surface area contributed by atoms with Gasteiger partial charge < -0.3 is 14.5 Å². The van der Waals surface area contributed by atoms with E-state index in [-0.39, 0.29) is 27.7 Å². The summed E-state index contributed by atoms with van der Waals surface area (Å²) in [6.45, 7) is 0. The number of methoxy groups -OCH3 is 1. The predicted molar refractivity (Wildman–Crippen MR) is 129 cm³/mol. The van der Waals surface area contributed by atoms with Gasteiger partial charge in [0.1, 0.15) is 5.75 Å². The fraction of sp³-hybridized carbons (Fsp3) is 0.0870. The van der Waals surface area contributed by atoms with E-state index in [4.69, 9.17) is 9.15 Å². The van der Waals surface area contributed by atoms with Gasteiger partial charge in [-0.25, -0.2) is 8.42 Å². The van der Waals surface area contributed by atoms with E-state index in [1.807, 2.05) is 0 Å². The Morgan fingerprint density at radius 2 is 1.74 bits per heavy atom. The van der Waals surface area contributed by atoms with Crippen LogP contribution in [0, 0.1) is 0 Å². The molecule has 174 valence electrons. The van der Waals surface area contributed by atoms with Crippen molar-refractivity contribution in [2.75, 3.05) is 22.9 Å². The Balaban J connectivity index is 1.34. The number of hydrogen-bond acceptors (Lipinski definition) is 8. The zero-order valence-electron chi connectivity index (χ0n) is 18.0. The van der Waals surface area contributed by atoms with Crippen LogP contribution in [0.3, 0.4) is 0 Å². The normalized spacial score (nSPS) is 11.1. The SMILES string of the molecule is COc1cccc(NC(=O)CSc2nnc(-c3ccc(NS(=O)(=O)c4ccccc4)cc3)o2)c1. The molecule has 0 saturated carbocycles. The molecule has 0 fully saturated rings. The standard InChI is InChI=1S/C23H20N4O5S2/c1-31-19-7-5-6-18(14-19)24-21(28)15-33-23-26-25-22(32-23)16-10-12-17(13-11-16)27-34(29,30)20-8-3-2-4-9-20/h2-14,27H,15H2,1H3,(H,24,28). The second kappa shape index (κ2) is 10.4. The third-order valence-corrected chi connectivity index (χ3v) is 6.74. The number of sulfonamides is 1. The molecular formula is C23H20N4O5S2. The number of aromatic nitrogens is 2. The van der Waals surface area contributed by atoms with Gasteiger partial charge in [0.2, 0.25) is 11.8 Å². The smallest absolute Gasteiger partial charge is 0.277 e. The summed E-state index contributed by atoms with van der Waals surface area (Å²) in [6, 6.07) is 21.7. The van der Waals surface area contributed by atoms with E-state index in [0.717, 1.165) is 11.8 Å². The van der Waals surface area contributed by atoms with Crippen LogP contribution in [-0.4, -0.2) is 37.4 Å². The average molecular weight is 497 g/mol. The highest BCUT2D eigenvalue weighted by Gasteiger charge is 2.15. The summed E-state index contributed by atoms with van der Waals surface area (Å²) in [4.78, 5) is 12.4. The molecule has 0 saturated heterocycles. The van der Waals surface area contributed by atoms with E-state index >= 15 is 0 Å². The number of thioether (sulfide) groups is 1. The third-order valence-electron chi connectivity index (χ3n) is 4.52. The number of ether oxygens (including phenoxy) is 1. The Kier molecular flexibility index (Phi) is 7.14. The fourth-order valence-electron chi connectivity index (χ4n) is 2.90. The zero-order chi connectivity index (χ0) is 24.0. The Bertz CT molecular complexity index is 1370. The first kappa shape index (κ1) is 23.3. The number of hydrogen-bond donors (Lipinski definition) is 2. The van der Waals surface area contributed by atoms with Crippen molar-refractivity contribution in [2.24, 2.45) is 0 Å². The number of anilines is 2. The summed E-state index contributed by atoms with van der Waals surface area (Å²) in [5.74, 6) is 0.756. The molecule has 2 N–H and O–H groups in total. The molecule has 0 radical (unpaired) electrons. The number of rotatable bonds is 9. The Hall–Kier alpha value is -3.83. The summed E-state index contributed by atoms with van der Waals surface area (Å²) in [5.41, 5.74) is 1.64. The van der Waals surface area contributed by atoms with Crippen LogP contribution in [0.25, 0.3) is 11.5 Å². The van der Waals surface area contributed by atoms with Gasteiger partial charge in [0.15, 0.2) is 0 Å². The maximum Gasteiger partial charge on any atom is 0.277 e. The van der Waals surface area contributed by atoms with E-state index in [1.54, 1.807) is 73.8 Å². The van der Waals surface area contributed by atoms with Crippen molar-refractivity contribution in [3.8, 4) is 17.2 Å². The molecule has 1 heterocycles. The van der Waals surface area contributed by atoms with Crippen LogP contribution in [0.15, 0.2) is 93.4 Å². The molecule has 0 aliphatic rings. The highest BCUT2D eigenvalue weighted by molar-refractivity contribution is 7.99. The van der Waals surface area contributed by atoms with Gasteiger partial charge in [0, 0.05) is 23.0 Å². The molecule has 0 aliphatic carbocycles. The Morgan fingerprint density at radius 1 is 0.971 bits per heavy atom. The maximum absolute atomic E-state index is 12.4. The molecular weight excluding hydrogens is 476 g/mol. The summed E-state index contributed by atoms with van der Waals surface area (Å²) in [6.07, 6.45) is 0. The highest BCUT2D eigenvalue weighted by atomic mass is 32.2. The molecule has 1 aromatic heterocycles. The fourth-order valence-corrected chi connectivity index (χ4v) is 4.55. The minimum absolute atomic E-state index is 0.0824. The van der Waals surface area contributed by atoms with Crippen molar-refractivity contribution in [3.05, 3.63) is 78.9 Å². The van der Waals surface area contributed by atoms with Gasteiger partial charge in [-0.05, 0) is 48.5 Å². The molecule has 0 spiro atoms. The van der Waals surface area contributed by atoms with E-state index in [2.05, 4.69) is 20.2 Å². The summed E-state index contributed by atoms with van der Waals surface area (Å²) < 4.78 is 38.2. The number of benzene rings is 3. The topological polar surface area (TPSA) is 123 Å². The van der Waals surface area contributed by atoms with Crippen molar-refractivity contribution in [1.29, 1.82) is 0 Å². The lowest BCUT2D eigenvalue weighted by atomic mass is 10.2. The van der Waals surface area contributed by atoms with Gasteiger partial charge in [0.05, 0.1) is 17.8 Å². The summed E-state index contributed by atoms with van der Waals surface area (Å²) >= 11 is 1.11. The summed E-state index contributed by atoms with van der Waals surface area (Å²) in [5, 5.41) is 11.0.